The van der Waals surface area contributed by atoms with E-state index in [1.54, 1.807) is 14.2 Å². The fourth-order valence-electron chi connectivity index (χ4n) is 4.68. The van der Waals surface area contributed by atoms with Gasteiger partial charge in [-0.15, -0.1) is 0 Å². The maximum Gasteiger partial charge on any atom is 0.250 e. The maximum atomic E-state index is 6.92. The van der Waals surface area contributed by atoms with E-state index in [9.17, 15) is 0 Å². The predicted molar refractivity (Wildman–Crippen MR) is 159 cm³/mol. The summed E-state index contributed by atoms with van der Waals surface area (Å²) in [7, 11) is 1.32. The van der Waals surface area contributed by atoms with Gasteiger partial charge < -0.3 is 28.1 Å². The van der Waals surface area contributed by atoms with Crippen LogP contribution in [0.2, 0.25) is 18.1 Å². The van der Waals surface area contributed by atoms with Gasteiger partial charge in [-0.2, -0.15) is 0 Å². The first kappa shape index (κ1) is 27.7. The van der Waals surface area contributed by atoms with Gasteiger partial charge in [0.2, 0.25) is 8.32 Å². The number of ether oxygens (including phenoxy) is 5. The summed E-state index contributed by atoms with van der Waals surface area (Å²) < 4.78 is 37.8. The largest absolute Gasteiger partial charge is 0.543 e. The van der Waals surface area contributed by atoms with E-state index in [-0.39, 0.29) is 11.7 Å². The smallest absolute Gasteiger partial charge is 0.250 e. The van der Waals surface area contributed by atoms with Crippen LogP contribution in [0.1, 0.15) is 45.7 Å². The van der Waals surface area contributed by atoms with Gasteiger partial charge in [-0.3, -0.25) is 0 Å². The van der Waals surface area contributed by atoms with Gasteiger partial charge in [-0.25, -0.2) is 0 Å². The van der Waals surface area contributed by atoms with Gasteiger partial charge in [0.1, 0.15) is 35.2 Å². The second-order valence-electron chi connectivity index (χ2n) is 9.87. The third-order valence-electron chi connectivity index (χ3n) is 7.15. The van der Waals surface area contributed by atoms with Gasteiger partial charge in [0.05, 0.1) is 28.9 Å². The molecule has 0 amide bonds. The van der Waals surface area contributed by atoms with Crippen LogP contribution < -0.4 is 23.7 Å². The lowest BCUT2D eigenvalue weighted by atomic mass is 9.97. The van der Waals surface area contributed by atoms with Crippen molar-refractivity contribution in [2.75, 3.05) is 20.8 Å². The van der Waals surface area contributed by atoms with E-state index in [0.717, 1.165) is 50.1 Å². The Hall–Kier alpha value is -2.33. The average molecular weight is 637 g/mol. The van der Waals surface area contributed by atoms with E-state index in [1.807, 2.05) is 32.0 Å². The lowest BCUT2D eigenvalue weighted by Gasteiger charge is -2.36. The normalized spacial score (nSPS) is 17.5. The predicted octanol–water partition coefficient (Wildman–Crippen LogP) is 7.70. The molecule has 0 aliphatic carbocycles. The topological polar surface area (TPSA) is 55.4 Å². The molecule has 200 valence electrons. The molecule has 2 aromatic carbocycles. The summed E-state index contributed by atoms with van der Waals surface area (Å²) in [6.45, 7) is 11.1. The van der Waals surface area contributed by atoms with Crippen LogP contribution in [0.5, 0.6) is 28.7 Å². The van der Waals surface area contributed by atoms with Crippen molar-refractivity contribution in [3.05, 3.63) is 51.1 Å². The van der Waals surface area contributed by atoms with Crippen LogP contribution >= 0.6 is 22.6 Å². The first-order chi connectivity index (χ1) is 17.7. The molecule has 0 fully saturated rings. The molecule has 8 heteroatoms. The Labute approximate surface area is 235 Å². The Morgan fingerprint density at radius 2 is 1.65 bits per heavy atom. The number of fused-ring (bicyclic) bond motifs is 3. The van der Waals surface area contributed by atoms with Crippen molar-refractivity contribution in [2.45, 2.75) is 64.5 Å². The number of halogens is 1. The van der Waals surface area contributed by atoms with Crippen LogP contribution in [0.15, 0.2) is 36.4 Å². The first-order valence-corrected chi connectivity index (χ1v) is 16.5. The summed E-state index contributed by atoms with van der Waals surface area (Å²) in [5.74, 6) is 4.48. The SMILES string of the molecule is CC[Si](CC)(CC)OC1=CC(COc2cc(OC)c(OC)cc2I)Oc2c1ccc1c2C=CC(C)(C)O1. The third kappa shape index (κ3) is 5.74. The molecular weight excluding hydrogens is 599 g/mol. The number of hydrogen-bond donors (Lipinski definition) is 0. The molecular formula is C29H37IO6Si. The second-order valence-corrected chi connectivity index (χ2v) is 15.7. The van der Waals surface area contributed by atoms with Crippen molar-refractivity contribution in [3.63, 3.8) is 0 Å². The van der Waals surface area contributed by atoms with Crippen molar-refractivity contribution in [1.29, 1.82) is 0 Å². The Balaban J connectivity index is 1.69. The summed E-state index contributed by atoms with van der Waals surface area (Å²) in [5.41, 5.74) is 1.54. The van der Waals surface area contributed by atoms with E-state index in [4.69, 9.17) is 28.1 Å². The standard InChI is InChI=1S/C29H37IO6Si/c1-8-37(9-2,10-3)36-24-15-19(18-33-25-17-27(32-7)26(31-6)16-22(25)30)34-28-20(24)11-12-23-21(28)13-14-29(4,5)35-23/h11-17,19H,8-10,18H2,1-7H3. The first-order valence-electron chi connectivity index (χ1n) is 12.9. The van der Waals surface area contributed by atoms with Crippen molar-refractivity contribution < 1.29 is 28.1 Å². The van der Waals surface area contributed by atoms with E-state index in [1.165, 1.54) is 0 Å². The molecule has 2 heterocycles. The maximum absolute atomic E-state index is 6.92. The summed E-state index contributed by atoms with van der Waals surface area (Å²) in [4.78, 5) is 0. The van der Waals surface area contributed by atoms with Gasteiger partial charge >= 0.3 is 0 Å². The van der Waals surface area contributed by atoms with E-state index < -0.39 is 8.32 Å². The second kappa shape index (κ2) is 11.2. The Morgan fingerprint density at radius 3 is 2.30 bits per heavy atom. The minimum atomic E-state index is -1.93. The van der Waals surface area contributed by atoms with E-state index in [0.29, 0.717) is 23.9 Å². The molecule has 0 radical (unpaired) electrons. The summed E-state index contributed by atoms with van der Waals surface area (Å²) >= 11 is 2.24. The van der Waals surface area contributed by atoms with Crippen LogP contribution in [-0.2, 0) is 4.43 Å². The highest BCUT2D eigenvalue weighted by Crippen LogP contribution is 2.45. The van der Waals surface area contributed by atoms with Gasteiger partial charge in [0.25, 0.3) is 0 Å². The van der Waals surface area contributed by atoms with Crippen LogP contribution in [0, 0.1) is 3.57 Å². The monoisotopic (exact) mass is 636 g/mol. The fourth-order valence-corrected chi connectivity index (χ4v) is 7.86. The average Bonchev–Trinajstić information content (AvgIpc) is 2.89. The lowest BCUT2D eigenvalue weighted by molar-refractivity contribution is 0.147. The minimum Gasteiger partial charge on any atom is -0.543 e. The van der Waals surface area contributed by atoms with E-state index in [2.05, 4.69) is 67.7 Å². The highest BCUT2D eigenvalue weighted by atomic mass is 127. The molecule has 2 aliphatic rings. The van der Waals surface area contributed by atoms with Crippen molar-refractivity contribution >= 4 is 42.7 Å². The summed E-state index contributed by atoms with van der Waals surface area (Å²) in [5, 5.41) is 0. The molecule has 1 unspecified atom stereocenters. The molecule has 4 rings (SSSR count). The molecule has 0 saturated carbocycles. The Kier molecular flexibility index (Phi) is 8.37. The third-order valence-corrected chi connectivity index (χ3v) is 12.5. The van der Waals surface area contributed by atoms with Crippen LogP contribution in [0.25, 0.3) is 11.8 Å². The molecule has 0 spiro atoms. The van der Waals surface area contributed by atoms with Crippen molar-refractivity contribution in [2.24, 2.45) is 0 Å². The molecule has 0 bridgehead atoms. The number of methoxy groups -OCH3 is 2. The zero-order valence-electron chi connectivity index (χ0n) is 22.8. The van der Waals surface area contributed by atoms with Gasteiger partial charge in [-0.1, -0.05) is 20.8 Å². The quantitative estimate of drug-likeness (QED) is 0.197. The molecule has 6 nitrogen and oxygen atoms in total. The molecule has 2 aromatic rings. The Bertz CT molecular complexity index is 1190. The lowest BCUT2D eigenvalue weighted by Crippen LogP contribution is -2.37. The van der Waals surface area contributed by atoms with Crippen LogP contribution in [0.4, 0.5) is 0 Å². The Morgan fingerprint density at radius 1 is 0.973 bits per heavy atom. The molecule has 1 atom stereocenters. The van der Waals surface area contributed by atoms with Gasteiger partial charge in [0.15, 0.2) is 17.6 Å². The summed E-state index contributed by atoms with van der Waals surface area (Å²) in [6, 6.07) is 11.0. The number of benzene rings is 2. The van der Waals surface area contributed by atoms with Crippen molar-refractivity contribution in [1.82, 2.24) is 0 Å². The fraction of sp³-hybridized carbons (Fsp3) is 0.448. The van der Waals surface area contributed by atoms with Gasteiger partial charge in [-0.05, 0) is 78.9 Å². The number of hydrogen-bond acceptors (Lipinski definition) is 6. The highest BCUT2D eigenvalue weighted by molar-refractivity contribution is 14.1. The molecule has 0 N–H and O–H groups in total. The van der Waals surface area contributed by atoms with Gasteiger partial charge in [0, 0.05) is 18.2 Å². The number of rotatable bonds is 10. The van der Waals surface area contributed by atoms with Crippen LogP contribution in [0.3, 0.4) is 0 Å². The van der Waals surface area contributed by atoms with E-state index >= 15 is 0 Å². The molecule has 2 aliphatic heterocycles. The zero-order valence-corrected chi connectivity index (χ0v) is 25.9. The van der Waals surface area contributed by atoms with Crippen LogP contribution in [-0.4, -0.2) is 40.8 Å². The molecule has 0 aromatic heterocycles. The molecule has 0 saturated heterocycles. The minimum absolute atomic E-state index is 0.316. The summed E-state index contributed by atoms with van der Waals surface area (Å²) in [6.07, 6.45) is 5.90. The van der Waals surface area contributed by atoms with Crippen molar-refractivity contribution in [3.8, 4) is 28.7 Å². The molecule has 37 heavy (non-hydrogen) atoms. The highest BCUT2D eigenvalue weighted by Gasteiger charge is 2.36. The zero-order chi connectivity index (χ0) is 26.8.